The molecule has 0 saturated heterocycles. The van der Waals surface area contributed by atoms with E-state index in [9.17, 15) is 0 Å². The first-order valence-corrected chi connectivity index (χ1v) is 6.82. The highest BCUT2D eigenvalue weighted by atomic mass is 16.5. The third-order valence-corrected chi connectivity index (χ3v) is 3.81. The van der Waals surface area contributed by atoms with E-state index in [0.717, 1.165) is 26.0 Å². The van der Waals surface area contributed by atoms with Gasteiger partial charge in [-0.15, -0.1) is 0 Å². The molecule has 0 heterocycles. The van der Waals surface area contributed by atoms with Crippen LogP contribution < -0.4 is 5.32 Å². The average molecular weight is 243 g/mol. The van der Waals surface area contributed by atoms with Crippen LogP contribution in [0.15, 0.2) is 0 Å². The molecule has 0 aliphatic heterocycles. The van der Waals surface area contributed by atoms with Crippen LogP contribution in [0, 0.1) is 5.41 Å². The maximum absolute atomic E-state index is 5.46. The van der Waals surface area contributed by atoms with E-state index in [4.69, 9.17) is 9.47 Å². The summed E-state index contributed by atoms with van der Waals surface area (Å²) in [6.07, 6.45) is 6.54. The molecule has 1 N–H and O–H groups in total. The van der Waals surface area contributed by atoms with Gasteiger partial charge in [-0.3, -0.25) is 0 Å². The molecule has 2 unspecified atom stereocenters. The van der Waals surface area contributed by atoms with E-state index in [1.165, 1.54) is 19.3 Å². The molecule has 1 saturated carbocycles. The van der Waals surface area contributed by atoms with Crippen molar-refractivity contribution in [3.63, 3.8) is 0 Å². The molecule has 3 heteroatoms. The quantitative estimate of drug-likeness (QED) is 0.745. The Bertz CT molecular complexity index is 206. The Kier molecular flexibility index (Phi) is 6.45. The summed E-state index contributed by atoms with van der Waals surface area (Å²) in [6, 6.07) is 0.635. The van der Waals surface area contributed by atoms with Gasteiger partial charge in [0.25, 0.3) is 0 Å². The smallest absolute Gasteiger partial charge is 0.0586 e. The van der Waals surface area contributed by atoms with Crippen molar-refractivity contribution in [2.24, 2.45) is 5.41 Å². The fourth-order valence-corrected chi connectivity index (χ4v) is 2.43. The molecule has 0 radical (unpaired) electrons. The summed E-state index contributed by atoms with van der Waals surface area (Å²) in [4.78, 5) is 0. The fraction of sp³-hybridized carbons (Fsp3) is 1.00. The standard InChI is InChI=1S/C14H29NO2/c1-14(2,8-9-16-3)11-15-12-6-5-7-13(10-12)17-4/h12-13,15H,5-11H2,1-4H3. The predicted molar refractivity (Wildman–Crippen MR) is 71.3 cm³/mol. The van der Waals surface area contributed by atoms with Gasteiger partial charge in [-0.2, -0.15) is 0 Å². The van der Waals surface area contributed by atoms with Gasteiger partial charge >= 0.3 is 0 Å². The molecule has 0 bridgehead atoms. The summed E-state index contributed by atoms with van der Waals surface area (Å²) in [6.45, 7) is 6.52. The van der Waals surface area contributed by atoms with Gasteiger partial charge in [0.1, 0.15) is 0 Å². The maximum atomic E-state index is 5.46. The minimum absolute atomic E-state index is 0.316. The lowest BCUT2D eigenvalue weighted by atomic mass is 9.87. The monoisotopic (exact) mass is 243 g/mol. The molecule has 0 aromatic heterocycles. The molecule has 1 aliphatic carbocycles. The zero-order valence-electron chi connectivity index (χ0n) is 11.9. The largest absolute Gasteiger partial charge is 0.385 e. The van der Waals surface area contributed by atoms with Crippen molar-refractivity contribution in [1.29, 1.82) is 0 Å². The first kappa shape index (κ1) is 14.9. The second-order valence-corrected chi connectivity index (χ2v) is 6.01. The molecule has 0 spiro atoms. The van der Waals surface area contributed by atoms with E-state index in [0.29, 0.717) is 17.6 Å². The second-order valence-electron chi connectivity index (χ2n) is 6.01. The van der Waals surface area contributed by atoms with Crippen LogP contribution in [-0.4, -0.2) is 39.5 Å². The van der Waals surface area contributed by atoms with Crippen LogP contribution in [0.5, 0.6) is 0 Å². The Labute approximate surface area is 106 Å². The van der Waals surface area contributed by atoms with Crippen LogP contribution in [0.2, 0.25) is 0 Å². The van der Waals surface area contributed by atoms with Crippen LogP contribution >= 0.6 is 0 Å². The first-order valence-electron chi connectivity index (χ1n) is 6.82. The lowest BCUT2D eigenvalue weighted by Gasteiger charge is -2.32. The Morgan fingerprint density at radius 2 is 2.00 bits per heavy atom. The van der Waals surface area contributed by atoms with Crippen molar-refractivity contribution in [1.82, 2.24) is 5.32 Å². The zero-order valence-corrected chi connectivity index (χ0v) is 11.9. The maximum Gasteiger partial charge on any atom is 0.0586 e. The number of hydrogen-bond donors (Lipinski definition) is 1. The highest BCUT2D eigenvalue weighted by Gasteiger charge is 2.24. The molecule has 1 aliphatic rings. The zero-order chi connectivity index (χ0) is 12.7. The van der Waals surface area contributed by atoms with Crippen LogP contribution in [-0.2, 0) is 9.47 Å². The van der Waals surface area contributed by atoms with Gasteiger partial charge < -0.3 is 14.8 Å². The molecule has 0 aromatic carbocycles. The van der Waals surface area contributed by atoms with Crippen molar-refractivity contribution in [3.8, 4) is 0 Å². The van der Waals surface area contributed by atoms with Crippen molar-refractivity contribution < 1.29 is 9.47 Å². The van der Waals surface area contributed by atoms with Crippen LogP contribution in [0.25, 0.3) is 0 Å². The summed E-state index contributed by atoms with van der Waals surface area (Å²) in [5.41, 5.74) is 0.316. The molecule has 0 aromatic rings. The Morgan fingerprint density at radius 3 is 2.65 bits per heavy atom. The summed E-state index contributed by atoms with van der Waals surface area (Å²) < 4.78 is 10.6. The molecule has 1 fully saturated rings. The molecule has 0 amide bonds. The first-order chi connectivity index (χ1) is 8.07. The lowest BCUT2D eigenvalue weighted by molar-refractivity contribution is 0.0562. The van der Waals surface area contributed by atoms with Crippen LogP contribution in [0.3, 0.4) is 0 Å². The number of nitrogens with one attached hydrogen (secondary N) is 1. The fourth-order valence-electron chi connectivity index (χ4n) is 2.43. The summed E-state index contributed by atoms with van der Waals surface area (Å²) in [5.74, 6) is 0. The SMILES string of the molecule is COCCC(C)(C)CNC1CCCC(OC)C1. The van der Waals surface area contributed by atoms with Gasteiger partial charge in [0.2, 0.25) is 0 Å². The van der Waals surface area contributed by atoms with E-state index in [1.807, 2.05) is 7.11 Å². The summed E-state index contributed by atoms with van der Waals surface area (Å²) in [5, 5.41) is 3.70. The van der Waals surface area contributed by atoms with Crippen molar-refractivity contribution in [2.75, 3.05) is 27.4 Å². The molecule has 102 valence electrons. The molecular formula is C14H29NO2. The molecule has 17 heavy (non-hydrogen) atoms. The third-order valence-electron chi connectivity index (χ3n) is 3.81. The Morgan fingerprint density at radius 1 is 1.24 bits per heavy atom. The van der Waals surface area contributed by atoms with Crippen LogP contribution in [0.1, 0.15) is 46.0 Å². The minimum Gasteiger partial charge on any atom is -0.385 e. The second kappa shape index (κ2) is 7.34. The number of ether oxygens (including phenoxy) is 2. The van der Waals surface area contributed by atoms with Crippen molar-refractivity contribution in [3.05, 3.63) is 0 Å². The number of hydrogen-bond acceptors (Lipinski definition) is 3. The van der Waals surface area contributed by atoms with Gasteiger partial charge in [0.05, 0.1) is 6.10 Å². The predicted octanol–water partition coefficient (Wildman–Crippen LogP) is 2.60. The van der Waals surface area contributed by atoms with Crippen molar-refractivity contribution >= 4 is 0 Å². The highest BCUT2D eigenvalue weighted by molar-refractivity contribution is 4.81. The van der Waals surface area contributed by atoms with E-state index in [1.54, 1.807) is 7.11 Å². The average Bonchev–Trinajstić information content (AvgIpc) is 2.34. The molecule has 3 nitrogen and oxygen atoms in total. The van der Waals surface area contributed by atoms with E-state index in [2.05, 4.69) is 19.2 Å². The van der Waals surface area contributed by atoms with Gasteiger partial charge in [-0.1, -0.05) is 13.8 Å². The number of rotatable bonds is 7. The Hall–Kier alpha value is -0.120. The van der Waals surface area contributed by atoms with E-state index in [-0.39, 0.29) is 0 Å². The van der Waals surface area contributed by atoms with Gasteiger partial charge in [0, 0.05) is 33.4 Å². The lowest BCUT2D eigenvalue weighted by Crippen LogP contribution is -2.41. The Balaban J connectivity index is 2.24. The summed E-state index contributed by atoms with van der Waals surface area (Å²) >= 11 is 0. The van der Waals surface area contributed by atoms with E-state index >= 15 is 0 Å². The van der Waals surface area contributed by atoms with Gasteiger partial charge in [-0.25, -0.2) is 0 Å². The molecular weight excluding hydrogens is 214 g/mol. The van der Waals surface area contributed by atoms with Gasteiger partial charge in [-0.05, 0) is 37.5 Å². The normalized spacial score (nSPS) is 26.1. The van der Waals surface area contributed by atoms with Gasteiger partial charge in [0.15, 0.2) is 0 Å². The van der Waals surface area contributed by atoms with E-state index < -0.39 is 0 Å². The minimum atomic E-state index is 0.316. The summed E-state index contributed by atoms with van der Waals surface area (Å²) in [7, 11) is 3.60. The van der Waals surface area contributed by atoms with Crippen molar-refractivity contribution in [2.45, 2.75) is 58.1 Å². The highest BCUT2D eigenvalue weighted by Crippen LogP contribution is 2.23. The topological polar surface area (TPSA) is 30.5 Å². The van der Waals surface area contributed by atoms with Crippen LogP contribution in [0.4, 0.5) is 0 Å². The third kappa shape index (κ3) is 5.84. The number of methoxy groups -OCH3 is 2. The molecule has 1 rings (SSSR count). The molecule has 2 atom stereocenters.